The van der Waals surface area contributed by atoms with E-state index in [2.05, 4.69) is 38.2 Å². The second-order valence-electron chi connectivity index (χ2n) is 23.1. The topological polar surface area (TPSA) is 111 Å². The van der Waals surface area contributed by atoms with E-state index in [0.717, 1.165) is 38.5 Å². The van der Waals surface area contributed by atoms with E-state index in [1.165, 1.54) is 250 Å². The lowest BCUT2D eigenvalue weighted by Crippen LogP contribution is -2.37. The summed E-state index contributed by atoms with van der Waals surface area (Å²) in [7, 11) is 1.18. The van der Waals surface area contributed by atoms with E-state index in [1.54, 1.807) is 0 Å². The van der Waals surface area contributed by atoms with E-state index < -0.39 is 26.5 Å². The van der Waals surface area contributed by atoms with Crippen LogP contribution in [0.15, 0.2) is 24.3 Å². The van der Waals surface area contributed by atoms with E-state index in [4.69, 9.17) is 18.5 Å². The van der Waals surface area contributed by atoms with Crippen molar-refractivity contribution in [2.45, 2.75) is 328 Å². The molecule has 0 bridgehead atoms. The largest absolute Gasteiger partial charge is 0.756 e. The number of carbonyl (C=O) groups is 2. The summed E-state index contributed by atoms with van der Waals surface area (Å²) in [6.07, 6.45) is 68.7. The van der Waals surface area contributed by atoms with Crippen LogP contribution < -0.4 is 4.89 Å². The minimum atomic E-state index is -4.62. The molecule has 0 aliphatic carbocycles. The van der Waals surface area contributed by atoms with Crippen LogP contribution in [0.5, 0.6) is 0 Å². The summed E-state index contributed by atoms with van der Waals surface area (Å²) < 4.78 is 34.0. The number of phosphoric acid groups is 1. The zero-order chi connectivity index (χ0) is 54.2. The second kappa shape index (κ2) is 56.2. The summed E-state index contributed by atoms with van der Waals surface area (Å²) >= 11 is 0. The van der Waals surface area contributed by atoms with Crippen molar-refractivity contribution in [2.75, 3.05) is 47.5 Å². The number of quaternary nitrogens is 1. The molecule has 0 aromatic heterocycles. The molecular weight excluding hydrogens is 942 g/mol. The molecule has 2 unspecified atom stereocenters. The first-order chi connectivity index (χ1) is 36.0. The Bertz CT molecular complexity index is 1300. The highest BCUT2D eigenvalue weighted by molar-refractivity contribution is 7.45. The van der Waals surface area contributed by atoms with Gasteiger partial charge in [-0.25, -0.2) is 0 Å². The fourth-order valence-electron chi connectivity index (χ4n) is 9.51. The maximum Gasteiger partial charge on any atom is 0.306 e. The van der Waals surface area contributed by atoms with Crippen molar-refractivity contribution in [3.05, 3.63) is 24.3 Å². The van der Waals surface area contributed by atoms with Crippen LogP contribution in [-0.2, 0) is 32.7 Å². The van der Waals surface area contributed by atoms with Crippen molar-refractivity contribution in [3.8, 4) is 0 Å². The molecule has 0 heterocycles. The Kier molecular flexibility index (Phi) is 55.1. The highest BCUT2D eigenvalue weighted by atomic mass is 31.2. The molecule has 0 amide bonds. The zero-order valence-electron chi connectivity index (χ0n) is 49.8. The molecule has 0 saturated heterocycles. The summed E-state index contributed by atoms with van der Waals surface area (Å²) in [6.45, 7) is 4.24. The van der Waals surface area contributed by atoms with Gasteiger partial charge in [-0.2, -0.15) is 0 Å². The fraction of sp³-hybridized carbons (Fsp3) is 0.906. The van der Waals surface area contributed by atoms with Gasteiger partial charge in [0.1, 0.15) is 19.8 Å². The van der Waals surface area contributed by atoms with E-state index in [0.29, 0.717) is 17.4 Å². The van der Waals surface area contributed by atoms with Gasteiger partial charge in [0.15, 0.2) is 6.10 Å². The van der Waals surface area contributed by atoms with Crippen LogP contribution in [0.3, 0.4) is 0 Å². The number of carbonyl (C=O) groups excluding carboxylic acids is 2. The summed E-state index contributed by atoms with van der Waals surface area (Å²) in [5, 5.41) is 0. The Hall–Kier alpha value is -1.51. The predicted octanol–water partition coefficient (Wildman–Crippen LogP) is 19.5. The zero-order valence-corrected chi connectivity index (χ0v) is 50.7. The van der Waals surface area contributed by atoms with Crippen LogP contribution in [0.4, 0.5) is 0 Å². The van der Waals surface area contributed by atoms with Crippen LogP contribution in [0.1, 0.15) is 322 Å². The minimum absolute atomic E-state index is 0.0267. The Morgan fingerprint density at radius 1 is 0.419 bits per heavy atom. The lowest BCUT2D eigenvalue weighted by Gasteiger charge is -2.28. The van der Waals surface area contributed by atoms with Gasteiger partial charge in [0, 0.05) is 12.8 Å². The highest BCUT2D eigenvalue weighted by Gasteiger charge is 2.22. The molecule has 0 radical (unpaired) electrons. The summed E-state index contributed by atoms with van der Waals surface area (Å²) in [6, 6.07) is 0. The molecule has 0 rings (SSSR count). The first kappa shape index (κ1) is 72.5. The first-order valence-corrected chi connectivity index (χ1v) is 33.5. The fourth-order valence-corrected chi connectivity index (χ4v) is 10.2. The molecule has 0 spiro atoms. The minimum Gasteiger partial charge on any atom is -0.756 e. The Balaban J connectivity index is 3.75. The number of allylic oxidation sites excluding steroid dienone is 4. The van der Waals surface area contributed by atoms with Gasteiger partial charge in [0.2, 0.25) is 0 Å². The third kappa shape index (κ3) is 59.7. The Morgan fingerprint density at radius 3 is 1.07 bits per heavy atom. The Morgan fingerprint density at radius 2 is 0.730 bits per heavy atom. The van der Waals surface area contributed by atoms with Crippen LogP contribution >= 0.6 is 7.82 Å². The third-order valence-corrected chi connectivity index (χ3v) is 15.4. The maximum absolute atomic E-state index is 12.8. The average molecular weight is 1070 g/mol. The van der Waals surface area contributed by atoms with Crippen LogP contribution in [0, 0.1) is 0 Å². The molecule has 438 valence electrons. The highest BCUT2D eigenvalue weighted by Crippen LogP contribution is 2.38. The van der Waals surface area contributed by atoms with Gasteiger partial charge in [0.05, 0.1) is 27.7 Å². The molecule has 0 N–H and O–H groups in total. The molecule has 0 fully saturated rings. The van der Waals surface area contributed by atoms with Crippen molar-refractivity contribution >= 4 is 19.8 Å². The molecule has 0 aromatic carbocycles. The molecule has 0 aliphatic heterocycles. The van der Waals surface area contributed by atoms with Gasteiger partial charge in [0.25, 0.3) is 7.82 Å². The summed E-state index contributed by atoms with van der Waals surface area (Å²) in [5.41, 5.74) is 0. The summed E-state index contributed by atoms with van der Waals surface area (Å²) in [4.78, 5) is 37.6. The van der Waals surface area contributed by atoms with Crippen molar-refractivity contribution in [1.29, 1.82) is 0 Å². The monoisotopic (exact) mass is 1070 g/mol. The van der Waals surface area contributed by atoms with Gasteiger partial charge >= 0.3 is 11.9 Å². The molecule has 0 aromatic rings. The molecule has 0 saturated carbocycles. The van der Waals surface area contributed by atoms with Crippen LogP contribution in [-0.4, -0.2) is 70.0 Å². The lowest BCUT2D eigenvalue weighted by molar-refractivity contribution is -0.870. The maximum atomic E-state index is 12.8. The van der Waals surface area contributed by atoms with E-state index in [-0.39, 0.29) is 32.0 Å². The number of likely N-dealkylation sites (N-methyl/N-ethyl adjacent to an activating group) is 1. The van der Waals surface area contributed by atoms with Crippen molar-refractivity contribution in [3.63, 3.8) is 0 Å². The van der Waals surface area contributed by atoms with Crippen molar-refractivity contribution < 1.29 is 42.1 Å². The van der Waals surface area contributed by atoms with Gasteiger partial charge in [-0.15, -0.1) is 0 Å². The predicted molar refractivity (Wildman–Crippen MR) is 314 cm³/mol. The van der Waals surface area contributed by atoms with Crippen molar-refractivity contribution in [2.24, 2.45) is 0 Å². The number of hydrogen-bond acceptors (Lipinski definition) is 8. The SMILES string of the molecule is CCCCCCC/C=C\C/C=C\CCCCCCCCCCCCCCCCCCCCCCCCCCCCCCCC(=O)OC(COC(=O)CCCCCCCCCCC)COP(=O)([O-])OCC[N+](C)(C)C. The number of esters is 2. The quantitative estimate of drug-likeness (QED) is 0.0195. The lowest BCUT2D eigenvalue weighted by atomic mass is 10.0. The Labute approximate surface area is 459 Å². The summed E-state index contributed by atoms with van der Waals surface area (Å²) in [5.74, 6) is -0.820. The van der Waals surface area contributed by atoms with Gasteiger partial charge < -0.3 is 27.9 Å². The van der Waals surface area contributed by atoms with E-state index in [9.17, 15) is 19.0 Å². The molecule has 9 nitrogen and oxygen atoms in total. The second-order valence-corrected chi connectivity index (χ2v) is 24.5. The molecule has 0 aliphatic rings. The van der Waals surface area contributed by atoms with Crippen LogP contribution in [0.25, 0.3) is 0 Å². The molecule has 74 heavy (non-hydrogen) atoms. The van der Waals surface area contributed by atoms with Gasteiger partial charge in [-0.05, 0) is 44.9 Å². The van der Waals surface area contributed by atoms with Gasteiger partial charge in [-0.3, -0.25) is 14.2 Å². The number of phosphoric ester groups is 1. The first-order valence-electron chi connectivity index (χ1n) is 32.0. The van der Waals surface area contributed by atoms with Crippen molar-refractivity contribution in [1.82, 2.24) is 0 Å². The number of rotatable bonds is 60. The number of nitrogens with zero attached hydrogens (tertiary/aromatic N) is 1. The normalized spacial score (nSPS) is 13.3. The van der Waals surface area contributed by atoms with E-state index in [1.807, 2.05) is 21.1 Å². The third-order valence-electron chi connectivity index (χ3n) is 14.5. The smallest absolute Gasteiger partial charge is 0.306 e. The number of unbranched alkanes of at least 4 members (excludes halogenated alkanes) is 42. The molecule has 10 heteroatoms. The van der Waals surface area contributed by atoms with E-state index >= 15 is 0 Å². The van der Waals surface area contributed by atoms with Gasteiger partial charge in [-0.1, -0.05) is 289 Å². The average Bonchev–Trinajstić information content (AvgIpc) is 3.36. The number of ether oxygens (including phenoxy) is 2. The number of hydrogen-bond donors (Lipinski definition) is 0. The molecule has 2 atom stereocenters. The molecular formula is C64H124NO8P. The standard InChI is InChI=1S/C64H124NO8P/c1-6-8-10-12-14-16-17-18-19-20-21-22-23-24-25-26-27-28-29-30-31-32-33-34-35-36-37-38-39-40-41-42-43-44-45-46-47-49-51-53-55-57-64(67)73-62(61-72-74(68,69)71-59-58-65(3,4)5)60-70-63(66)56-54-52-50-48-15-13-11-9-7-2/h17-18,20-21,62H,6-16,19,22-61H2,1-5H3/b18-17-,21-20-. The van der Waals surface area contributed by atoms with Crippen LogP contribution in [0.2, 0.25) is 0 Å².